The van der Waals surface area contributed by atoms with E-state index in [1.807, 2.05) is 23.1 Å². The highest BCUT2D eigenvalue weighted by Gasteiger charge is 2.22. The lowest BCUT2D eigenvalue weighted by atomic mass is 10.0. The predicted molar refractivity (Wildman–Crippen MR) is 130 cm³/mol. The maximum absolute atomic E-state index is 12.4. The topological polar surface area (TPSA) is 81.2 Å². The molecule has 1 atom stereocenters. The number of guanidine groups is 1. The van der Waals surface area contributed by atoms with E-state index in [1.165, 1.54) is 0 Å². The van der Waals surface area contributed by atoms with Crippen LogP contribution in [-0.2, 0) is 11.3 Å². The molecule has 2 heterocycles. The van der Waals surface area contributed by atoms with Gasteiger partial charge in [-0.05, 0) is 42.9 Å². The summed E-state index contributed by atoms with van der Waals surface area (Å²) in [5.74, 6) is 1.43. The Morgan fingerprint density at radius 1 is 1.12 bits per heavy atom. The third-order valence-corrected chi connectivity index (χ3v) is 6.07. The smallest absolute Gasteiger partial charge is 0.321 e. The number of likely N-dealkylation sites (tertiary alicyclic amines) is 1. The molecule has 0 radical (unpaired) electrons. The van der Waals surface area contributed by atoms with Crippen LogP contribution in [-0.4, -0.2) is 80.8 Å². The quantitative estimate of drug-likeness (QED) is 0.424. The van der Waals surface area contributed by atoms with Gasteiger partial charge >= 0.3 is 6.03 Å². The zero-order valence-corrected chi connectivity index (χ0v) is 19.9. The zero-order chi connectivity index (χ0) is 22.8. The van der Waals surface area contributed by atoms with Crippen LogP contribution in [0.15, 0.2) is 29.3 Å². The molecule has 8 heteroatoms. The molecule has 3 N–H and O–H groups in total. The molecule has 2 aliphatic heterocycles. The van der Waals surface area contributed by atoms with Gasteiger partial charge in [-0.3, -0.25) is 9.89 Å². The number of aliphatic imine (C=N–C) groups is 1. The van der Waals surface area contributed by atoms with Gasteiger partial charge in [-0.15, -0.1) is 0 Å². The largest absolute Gasteiger partial charge is 0.379 e. The van der Waals surface area contributed by atoms with Crippen molar-refractivity contribution in [1.82, 2.24) is 20.4 Å². The van der Waals surface area contributed by atoms with Gasteiger partial charge in [0.25, 0.3) is 0 Å². The average molecular weight is 445 g/mol. The van der Waals surface area contributed by atoms with Crippen LogP contribution < -0.4 is 16.0 Å². The molecular weight excluding hydrogens is 404 g/mol. The lowest BCUT2D eigenvalue weighted by Gasteiger charge is -2.35. The summed E-state index contributed by atoms with van der Waals surface area (Å²) in [5, 5.41) is 9.93. The van der Waals surface area contributed by atoms with Crippen molar-refractivity contribution in [3.63, 3.8) is 0 Å². The molecule has 3 rings (SSSR count). The number of morpholine rings is 1. The number of rotatable bonds is 8. The molecule has 1 aromatic carbocycles. The molecule has 0 aromatic heterocycles. The fourth-order valence-corrected chi connectivity index (χ4v) is 4.35. The van der Waals surface area contributed by atoms with Crippen LogP contribution in [0.1, 0.15) is 38.7 Å². The standard InChI is InChI=1S/C24H40N6O2/c1-19(2)15-22(29-11-13-32-14-12-29)18-27-23(25-3)26-17-20-7-6-8-21(16-20)28-24(31)30-9-4-5-10-30/h6-8,16,19,22H,4-5,9-15,17-18H2,1-3H3,(H,28,31)(H2,25,26,27). The number of benzene rings is 1. The second-order valence-electron chi connectivity index (χ2n) is 9.06. The van der Waals surface area contributed by atoms with E-state index in [0.29, 0.717) is 18.5 Å². The van der Waals surface area contributed by atoms with E-state index in [4.69, 9.17) is 4.74 Å². The first-order valence-electron chi connectivity index (χ1n) is 12.0. The Hall–Kier alpha value is -2.32. The minimum atomic E-state index is -0.00982. The van der Waals surface area contributed by atoms with Crippen molar-refractivity contribution in [1.29, 1.82) is 0 Å². The van der Waals surface area contributed by atoms with Crippen LogP contribution in [0.25, 0.3) is 0 Å². The number of urea groups is 1. The molecular formula is C24H40N6O2. The highest BCUT2D eigenvalue weighted by atomic mass is 16.5. The predicted octanol–water partition coefficient (Wildman–Crippen LogP) is 2.73. The SMILES string of the molecule is CN=C(NCc1cccc(NC(=O)N2CCCC2)c1)NCC(CC(C)C)N1CCOCC1. The van der Waals surface area contributed by atoms with Crippen LogP contribution in [0.2, 0.25) is 0 Å². The van der Waals surface area contributed by atoms with E-state index in [-0.39, 0.29) is 6.03 Å². The number of amides is 2. The Morgan fingerprint density at radius 2 is 1.88 bits per heavy atom. The number of hydrogen-bond donors (Lipinski definition) is 3. The molecule has 2 amide bonds. The van der Waals surface area contributed by atoms with Gasteiger partial charge in [0.05, 0.1) is 13.2 Å². The summed E-state index contributed by atoms with van der Waals surface area (Å²) in [6, 6.07) is 8.43. The summed E-state index contributed by atoms with van der Waals surface area (Å²) in [7, 11) is 1.80. The van der Waals surface area contributed by atoms with Crippen molar-refractivity contribution >= 4 is 17.7 Å². The van der Waals surface area contributed by atoms with Crippen LogP contribution in [0, 0.1) is 5.92 Å². The second-order valence-corrected chi connectivity index (χ2v) is 9.06. The van der Waals surface area contributed by atoms with E-state index >= 15 is 0 Å². The second kappa shape index (κ2) is 12.6. The summed E-state index contributed by atoms with van der Waals surface area (Å²) >= 11 is 0. The van der Waals surface area contributed by atoms with E-state index in [0.717, 1.165) is 82.4 Å². The van der Waals surface area contributed by atoms with Gasteiger partial charge in [-0.25, -0.2) is 4.79 Å². The van der Waals surface area contributed by atoms with E-state index in [2.05, 4.69) is 45.8 Å². The lowest BCUT2D eigenvalue weighted by Crippen LogP contribution is -2.50. The number of ether oxygens (including phenoxy) is 1. The third-order valence-electron chi connectivity index (χ3n) is 6.07. The molecule has 2 saturated heterocycles. The molecule has 1 unspecified atom stereocenters. The molecule has 8 nitrogen and oxygen atoms in total. The van der Waals surface area contributed by atoms with E-state index in [9.17, 15) is 4.79 Å². The molecule has 0 saturated carbocycles. The summed E-state index contributed by atoms with van der Waals surface area (Å²) < 4.78 is 5.52. The van der Waals surface area contributed by atoms with Gasteiger partial charge in [0.15, 0.2) is 5.96 Å². The average Bonchev–Trinajstić information content (AvgIpc) is 3.34. The zero-order valence-electron chi connectivity index (χ0n) is 19.9. The number of carbonyl (C=O) groups excluding carboxylic acids is 1. The Morgan fingerprint density at radius 3 is 2.56 bits per heavy atom. The van der Waals surface area contributed by atoms with Crippen molar-refractivity contribution in [2.24, 2.45) is 10.9 Å². The maximum atomic E-state index is 12.4. The fraction of sp³-hybridized carbons (Fsp3) is 0.667. The minimum Gasteiger partial charge on any atom is -0.379 e. The molecule has 32 heavy (non-hydrogen) atoms. The number of nitrogens with zero attached hydrogens (tertiary/aromatic N) is 3. The Bertz CT molecular complexity index is 742. The summed E-state index contributed by atoms with van der Waals surface area (Å²) in [6.45, 7) is 11.3. The molecule has 0 bridgehead atoms. The minimum absolute atomic E-state index is 0.00982. The Labute approximate surface area is 192 Å². The number of nitrogens with one attached hydrogen (secondary N) is 3. The van der Waals surface area contributed by atoms with Gasteiger partial charge < -0.3 is 25.6 Å². The van der Waals surface area contributed by atoms with Gasteiger partial charge in [0, 0.05) is 58.0 Å². The summed E-state index contributed by atoms with van der Waals surface area (Å²) in [6.07, 6.45) is 3.32. The third kappa shape index (κ3) is 7.67. The van der Waals surface area contributed by atoms with Gasteiger partial charge in [0.1, 0.15) is 0 Å². The van der Waals surface area contributed by atoms with Crippen molar-refractivity contribution in [2.45, 2.75) is 45.7 Å². The van der Waals surface area contributed by atoms with Crippen molar-refractivity contribution in [3.05, 3.63) is 29.8 Å². The highest BCUT2D eigenvalue weighted by Crippen LogP contribution is 2.15. The summed E-state index contributed by atoms with van der Waals surface area (Å²) in [4.78, 5) is 21.1. The van der Waals surface area contributed by atoms with E-state index < -0.39 is 0 Å². The van der Waals surface area contributed by atoms with Gasteiger partial charge in [-0.1, -0.05) is 26.0 Å². The number of hydrogen-bond acceptors (Lipinski definition) is 4. The van der Waals surface area contributed by atoms with Gasteiger partial charge in [-0.2, -0.15) is 0 Å². The first-order chi connectivity index (χ1) is 15.5. The van der Waals surface area contributed by atoms with Crippen LogP contribution in [0.3, 0.4) is 0 Å². The molecule has 0 aliphatic carbocycles. The fourth-order valence-electron chi connectivity index (χ4n) is 4.35. The highest BCUT2D eigenvalue weighted by molar-refractivity contribution is 5.89. The molecule has 2 fully saturated rings. The van der Waals surface area contributed by atoms with Crippen molar-refractivity contribution in [2.75, 3.05) is 58.3 Å². The Kier molecular flexibility index (Phi) is 9.62. The normalized spacial score (nSPS) is 18.6. The maximum Gasteiger partial charge on any atom is 0.321 e. The molecule has 178 valence electrons. The molecule has 2 aliphatic rings. The van der Waals surface area contributed by atoms with Crippen molar-refractivity contribution in [3.8, 4) is 0 Å². The number of anilines is 1. The van der Waals surface area contributed by atoms with Crippen molar-refractivity contribution < 1.29 is 9.53 Å². The summed E-state index contributed by atoms with van der Waals surface area (Å²) in [5.41, 5.74) is 1.92. The first kappa shape index (κ1) is 24.3. The van der Waals surface area contributed by atoms with Crippen LogP contribution in [0.4, 0.5) is 10.5 Å². The lowest BCUT2D eigenvalue weighted by molar-refractivity contribution is 0.0132. The van der Waals surface area contributed by atoms with Gasteiger partial charge in [0.2, 0.25) is 0 Å². The first-order valence-corrected chi connectivity index (χ1v) is 12.0. The molecule has 1 aromatic rings. The monoisotopic (exact) mass is 444 g/mol. The van der Waals surface area contributed by atoms with E-state index in [1.54, 1.807) is 7.05 Å². The van der Waals surface area contributed by atoms with Crippen LogP contribution >= 0.6 is 0 Å². The molecule has 0 spiro atoms. The Balaban J connectivity index is 1.49. The number of carbonyl (C=O) groups is 1. The van der Waals surface area contributed by atoms with Crippen LogP contribution in [0.5, 0.6) is 0 Å².